The fourth-order valence-electron chi connectivity index (χ4n) is 6.40. The van der Waals surface area contributed by atoms with Gasteiger partial charge in [-0.1, -0.05) is 121 Å². The first-order valence-electron chi connectivity index (χ1n) is 14.8. The second-order valence-corrected chi connectivity index (χ2v) is 12.0. The first-order chi connectivity index (χ1) is 21.8. The summed E-state index contributed by atoms with van der Waals surface area (Å²) in [5, 5.41) is 3.66. The number of aromatic nitrogens is 3. The molecule has 9 rings (SSSR count). The Bertz CT molecular complexity index is 2480. The molecule has 9 aromatic rings. The first-order valence-corrected chi connectivity index (χ1v) is 15.6. The van der Waals surface area contributed by atoms with Crippen LogP contribution in [0.15, 0.2) is 152 Å². The second kappa shape index (κ2) is 10.0. The van der Waals surface area contributed by atoms with Crippen LogP contribution < -0.4 is 0 Å². The van der Waals surface area contributed by atoms with Gasteiger partial charge in [0.25, 0.3) is 0 Å². The number of hydrogen-bond acceptors (Lipinski definition) is 3. The molecule has 0 aliphatic rings. The minimum Gasteiger partial charge on any atom is -0.309 e. The van der Waals surface area contributed by atoms with Crippen molar-refractivity contribution in [2.45, 2.75) is 0 Å². The van der Waals surface area contributed by atoms with Crippen molar-refractivity contribution in [3.8, 4) is 39.5 Å². The summed E-state index contributed by atoms with van der Waals surface area (Å²) in [5.41, 5.74) is 10.1. The van der Waals surface area contributed by atoms with E-state index in [4.69, 9.17) is 9.97 Å². The lowest BCUT2D eigenvalue weighted by atomic mass is 10.0. The van der Waals surface area contributed by atoms with Crippen molar-refractivity contribution in [1.82, 2.24) is 14.5 Å². The minimum absolute atomic E-state index is 0.747. The molecule has 0 radical (unpaired) electrons. The standard InChI is InChI=1S/C40H25N3S/c1-4-13-26(14-5-1)36-39-37(42-40(41-36)27-15-6-2-7-16-27)32-21-12-20-30(38(32)44-39)28-23-24-35-33(25-28)31-19-10-11-22-34(31)43(35)29-17-8-3-9-18-29/h1-25H. The number of thiophene rings is 1. The summed E-state index contributed by atoms with van der Waals surface area (Å²) in [4.78, 5) is 10.3. The Hall–Kier alpha value is -5.58. The van der Waals surface area contributed by atoms with E-state index in [0.29, 0.717) is 0 Å². The molecule has 0 aliphatic carbocycles. The lowest BCUT2D eigenvalue weighted by Gasteiger charge is -2.08. The van der Waals surface area contributed by atoms with E-state index in [0.717, 1.165) is 38.2 Å². The van der Waals surface area contributed by atoms with E-state index in [1.165, 1.54) is 43.3 Å². The highest BCUT2D eigenvalue weighted by Gasteiger charge is 2.19. The van der Waals surface area contributed by atoms with Crippen molar-refractivity contribution < 1.29 is 0 Å². The van der Waals surface area contributed by atoms with Crippen molar-refractivity contribution >= 4 is 53.4 Å². The average molecular weight is 580 g/mol. The van der Waals surface area contributed by atoms with Gasteiger partial charge in [-0.25, -0.2) is 9.97 Å². The van der Waals surface area contributed by atoms with Crippen LogP contribution in [-0.2, 0) is 0 Å². The Kier molecular flexibility index (Phi) is 5.68. The van der Waals surface area contributed by atoms with Gasteiger partial charge in [-0.15, -0.1) is 11.3 Å². The number of fused-ring (bicyclic) bond motifs is 6. The first kappa shape index (κ1) is 25.0. The highest BCUT2D eigenvalue weighted by Crippen LogP contribution is 2.44. The molecule has 3 aromatic heterocycles. The number of para-hydroxylation sites is 2. The van der Waals surface area contributed by atoms with Gasteiger partial charge in [0.05, 0.1) is 26.9 Å². The van der Waals surface area contributed by atoms with Gasteiger partial charge in [0.2, 0.25) is 0 Å². The Labute approximate surface area is 258 Å². The summed E-state index contributed by atoms with van der Waals surface area (Å²) in [5.74, 6) is 0.747. The Balaban J connectivity index is 1.30. The van der Waals surface area contributed by atoms with Crippen molar-refractivity contribution in [3.05, 3.63) is 152 Å². The predicted octanol–water partition coefficient (Wildman–Crippen LogP) is 10.9. The van der Waals surface area contributed by atoms with Crippen LogP contribution >= 0.6 is 11.3 Å². The summed E-state index contributed by atoms with van der Waals surface area (Å²) < 4.78 is 4.70. The van der Waals surface area contributed by atoms with Gasteiger partial charge < -0.3 is 4.57 Å². The zero-order valence-corrected chi connectivity index (χ0v) is 24.5. The fourth-order valence-corrected chi connectivity index (χ4v) is 7.68. The van der Waals surface area contributed by atoms with E-state index in [1.807, 2.05) is 24.3 Å². The number of benzene rings is 6. The number of hydrogen-bond donors (Lipinski definition) is 0. The second-order valence-electron chi connectivity index (χ2n) is 11.0. The van der Waals surface area contributed by atoms with Gasteiger partial charge in [-0.3, -0.25) is 0 Å². The molecule has 0 aliphatic heterocycles. The van der Waals surface area contributed by atoms with Gasteiger partial charge in [0.1, 0.15) is 0 Å². The summed E-state index contributed by atoms with van der Waals surface area (Å²) >= 11 is 1.79. The molecular formula is C40H25N3S. The van der Waals surface area contributed by atoms with E-state index >= 15 is 0 Å². The van der Waals surface area contributed by atoms with Crippen LogP contribution in [-0.4, -0.2) is 14.5 Å². The van der Waals surface area contributed by atoms with Crippen LogP contribution in [0.25, 0.3) is 81.6 Å². The predicted molar refractivity (Wildman–Crippen MR) is 186 cm³/mol. The molecule has 206 valence electrons. The summed E-state index contributed by atoms with van der Waals surface area (Å²) in [6, 6.07) is 53.5. The summed E-state index contributed by atoms with van der Waals surface area (Å²) in [6.45, 7) is 0. The van der Waals surface area contributed by atoms with Crippen molar-refractivity contribution in [2.24, 2.45) is 0 Å². The monoisotopic (exact) mass is 579 g/mol. The summed E-state index contributed by atoms with van der Waals surface area (Å²) in [7, 11) is 0. The molecule has 6 aromatic carbocycles. The maximum atomic E-state index is 5.18. The van der Waals surface area contributed by atoms with Crippen LogP contribution in [0, 0.1) is 0 Å². The van der Waals surface area contributed by atoms with Crippen LogP contribution in [0.4, 0.5) is 0 Å². The summed E-state index contributed by atoms with van der Waals surface area (Å²) in [6.07, 6.45) is 0. The Morgan fingerprint density at radius 1 is 0.455 bits per heavy atom. The third-order valence-corrected chi connectivity index (χ3v) is 9.65. The molecule has 0 fully saturated rings. The average Bonchev–Trinajstić information content (AvgIpc) is 3.64. The molecule has 4 heteroatoms. The molecule has 0 N–H and O–H groups in total. The SMILES string of the molecule is c1ccc(-c2nc(-c3ccccc3)c3sc4c(-c5ccc6c(c5)c5ccccc5n6-c5ccccc5)cccc4c3n2)cc1. The van der Waals surface area contributed by atoms with Gasteiger partial charge in [0.15, 0.2) is 5.82 Å². The molecule has 0 saturated carbocycles. The van der Waals surface area contributed by atoms with Gasteiger partial charge >= 0.3 is 0 Å². The maximum absolute atomic E-state index is 5.18. The minimum atomic E-state index is 0.747. The molecule has 3 heterocycles. The van der Waals surface area contributed by atoms with Crippen molar-refractivity contribution in [2.75, 3.05) is 0 Å². The van der Waals surface area contributed by atoms with Crippen molar-refractivity contribution in [3.63, 3.8) is 0 Å². The normalized spacial score (nSPS) is 11.6. The third kappa shape index (κ3) is 3.89. The lowest BCUT2D eigenvalue weighted by molar-refractivity contribution is 1.18. The highest BCUT2D eigenvalue weighted by atomic mass is 32.1. The van der Waals surface area contributed by atoms with Crippen LogP contribution in [0.5, 0.6) is 0 Å². The largest absolute Gasteiger partial charge is 0.309 e. The van der Waals surface area contributed by atoms with E-state index in [9.17, 15) is 0 Å². The van der Waals surface area contributed by atoms with E-state index in [1.54, 1.807) is 11.3 Å². The third-order valence-electron chi connectivity index (χ3n) is 8.42. The Morgan fingerprint density at radius 3 is 1.91 bits per heavy atom. The molecule has 0 atom stereocenters. The van der Waals surface area contributed by atoms with Crippen LogP contribution in [0.2, 0.25) is 0 Å². The molecule has 0 saturated heterocycles. The van der Waals surface area contributed by atoms with Gasteiger partial charge in [0, 0.05) is 37.7 Å². The number of rotatable bonds is 4. The van der Waals surface area contributed by atoms with E-state index < -0.39 is 0 Å². The number of nitrogens with zero attached hydrogens (tertiary/aromatic N) is 3. The van der Waals surface area contributed by atoms with Crippen LogP contribution in [0.1, 0.15) is 0 Å². The smallest absolute Gasteiger partial charge is 0.160 e. The molecule has 3 nitrogen and oxygen atoms in total. The molecule has 0 bridgehead atoms. The van der Waals surface area contributed by atoms with Crippen molar-refractivity contribution in [1.29, 1.82) is 0 Å². The zero-order valence-electron chi connectivity index (χ0n) is 23.7. The maximum Gasteiger partial charge on any atom is 0.160 e. The molecule has 0 unspecified atom stereocenters. The molecular weight excluding hydrogens is 555 g/mol. The molecule has 0 amide bonds. The topological polar surface area (TPSA) is 30.7 Å². The molecule has 44 heavy (non-hydrogen) atoms. The quantitative estimate of drug-likeness (QED) is 0.208. The Morgan fingerprint density at radius 2 is 1.11 bits per heavy atom. The zero-order chi connectivity index (χ0) is 29.0. The lowest BCUT2D eigenvalue weighted by Crippen LogP contribution is -1.93. The van der Waals surface area contributed by atoms with Gasteiger partial charge in [-0.2, -0.15) is 0 Å². The highest BCUT2D eigenvalue weighted by molar-refractivity contribution is 7.26. The van der Waals surface area contributed by atoms with E-state index in [-0.39, 0.29) is 0 Å². The van der Waals surface area contributed by atoms with Crippen LogP contribution in [0.3, 0.4) is 0 Å². The molecule has 0 spiro atoms. The fraction of sp³-hybridized carbons (Fsp3) is 0. The van der Waals surface area contributed by atoms with Gasteiger partial charge in [-0.05, 0) is 41.5 Å². The van der Waals surface area contributed by atoms with E-state index in [2.05, 4.69) is 132 Å².